The Morgan fingerprint density at radius 2 is 1.77 bits per heavy atom. The highest BCUT2D eigenvalue weighted by molar-refractivity contribution is 5.96. The molecule has 0 aromatic heterocycles. The molecule has 2 aromatic carbocycles. The number of para-hydroxylation sites is 1. The maximum Gasteiger partial charge on any atom is 0.415 e. The first-order valence-electron chi connectivity index (χ1n) is 10.8. The number of hydrogen-bond acceptors (Lipinski definition) is 4. The second-order valence-corrected chi connectivity index (χ2v) is 8.95. The van der Waals surface area contributed by atoms with Gasteiger partial charge >= 0.3 is 6.09 Å². The van der Waals surface area contributed by atoms with E-state index in [4.69, 9.17) is 4.74 Å². The Morgan fingerprint density at radius 3 is 2.35 bits per heavy atom. The summed E-state index contributed by atoms with van der Waals surface area (Å²) in [5.41, 5.74) is 2.56. The predicted octanol–water partition coefficient (Wildman–Crippen LogP) is 5.20. The molecule has 0 spiro atoms. The van der Waals surface area contributed by atoms with Gasteiger partial charge in [0.05, 0.1) is 12.6 Å². The molecule has 1 aliphatic rings. The number of anilines is 2. The van der Waals surface area contributed by atoms with E-state index in [2.05, 4.69) is 0 Å². The van der Waals surface area contributed by atoms with Crippen LogP contribution < -0.4 is 9.80 Å². The number of aliphatic hydroxyl groups excluding tert-OH is 1. The Morgan fingerprint density at radius 1 is 1.13 bits per heavy atom. The summed E-state index contributed by atoms with van der Waals surface area (Å²) in [5.74, 6) is 0.0644. The largest absolute Gasteiger partial charge is 0.443 e. The summed E-state index contributed by atoms with van der Waals surface area (Å²) in [7, 11) is 0. The van der Waals surface area contributed by atoms with E-state index < -0.39 is 11.7 Å². The van der Waals surface area contributed by atoms with E-state index in [1.54, 1.807) is 17.0 Å². The van der Waals surface area contributed by atoms with Crippen LogP contribution in [0.3, 0.4) is 0 Å². The lowest BCUT2D eigenvalue weighted by Crippen LogP contribution is -2.48. The van der Waals surface area contributed by atoms with Gasteiger partial charge in [0.15, 0.2) is 0 Å². The molecule has 0 fully saturated rings. The van der Waals surface area contributed by atoms with Crippen LogP contribution in [0.2, 0.25) is 0 Å². The van der Waals surface area contributed by atoms with Crippen LogP contribution in [0, 0.1) is 0 Å². The summed E-state index contributed by atoms with van der Waals surface area (Å²) in [4.78, 5) is 29.6. The molecular weight excluding hydrogens is 392 g/mol. The molecule has 0 bridgehead atoms. The minimum absolute atomic E-state index is 0.0644. The molecular formula is C25H32N2O4. The fourth-order valence-electron chi connectivity index (χ4n) is 4.06. The Bertz CT molecular complexity index is 933. The van der Waals surface area contributed by atoms with Gasteiger partial charge in [-0.15, -0.1) is 0 Å². The Hall–Kier alpha value is -2.86. The van der Waals surface area contributed by atoms with E-state index in [-0.39, 0.29) is 24.6 Å². The molecule has 1 heterocycles. The zero-order valence-electron chi connectivity index (χ0n) is 19.0. The van der Waals surface area contributed by atoms with E-state index in [0.29, 0.717) is 18.5 Å². The van der Waals surface area contributed by atoms with Crippen molar-refractivity contribution in [3.05, 3.63) is 59.7 Å². The van der Waals surface area contributed by atoms with Gasteiger partial charge < -0.3 is 14.7 Å². The quantitative estimate of drug-likeness (QED) is 0.733. The van der Waals surface area contributed by atoms with Crippen molar-refractivity contribution in [3.63, 3.8) is 0 Å². The third-order valence-corrected chi connectivity index (χ3v) is 5.43. The maximum atomic E-state index is 13.4. The van der Waals surface area contributed by atoms with Crippen molar-refractivity contribution in [3.8, 4) is 0 Å². The van der Waals surface area contributed by atoms with E-state index >= 15 is 0 Å². The lowest BCUT2D eigenvalue weighted by Gasteiger charge is -2.43. The van der Waals surface area contributed by atoms with Crippen LogP contribution in [0.4, 0.5) is 16.2 Å². The summed E-state index contributed by atoms with van der Waals surface area (Å²) >= 11 is 0. The minimum Gasteiger partial charge on any atom is -0.443 e. The molecule has 6 nitrogen and oxygen atoms in total. The molecule has 3 rings (SSSR count). The lowest BCUT2D eigenvalue weighted by atomic mass is 9.90. The van der Waals surface area contributed by atoms with Crippen molar-refractivity contribution < 1.29 is 19.4 Å². The van der Waals surface area contributed by atoms with Crippen molar-refractivity contribution in [1.29, 1.82) is 0 Å². The number of carbonyl (C=O) groups is 2. The molecule has 166 valence electrons. The summed E-state index contributed by atoms with van der Waals surface area (Å²) in [5, 5.41) is 9.40. The fraction of sp³-hybridized carbons (Fsp3) is 0.440. The van der Waals surface area contributed by atoms with Gasteiger partial charge in [-0.05, 0) is 63.4 Å². The zero-order valence-corrected chi connectivity index (χ0v) is 19.0. The predicted molar refractivity (Wildman–Crippen MR) is 122 cm³/mol. The molecule has 0 saturated carbocycles. The number of nitrogens with zero attached hydrogens (tertiary/aromatic N) is 2. The first-order chi connectivity index (χ1) is 14.7. The van der Waals surface area contributed by atoms with Crippen LogP contribution in [0.1, 0.15) is 64.6 Å². The number of benzene rings is 2. The number of aliphatic hydroxyl groups is 1. The molecule has 2 aromatic rings. The topological polar surface area (TPSA) is 70.1 Å². The highest BCUT2D eigenvalue weighted by Crippen LogP contribution is 2.43. The fourth-order valence-corrected chi connectivity index (χ4v) is 4.06. The number of amides is 2. The average molecular weight is 425 g/mol. The van der Waals surface area contributed by atoms with Crippen LogP contribution in [-0.4, -0.2) is 28.7 Å². The Labute approximate surface area is 184 Å². The van der Waals surface area contributed by atoms with E-state index in [1.807, 2.05) is 75.9 Å². The van der Waals surface area contributed by atoms with Gasteiger partial charge in [0.1, 0.15) is 5.60 Å². The summed E-state index contributed by atoms with van der Waals surface area (Å²) in [6.07, 6.45) is 0.567. The van der Waals surface area contributed by atoms with Gasteiger partial charge in [0.25, 0.3) is 0 Å². The summed E-state index contributed by atoms with van der Waals surface area (Å²) in [6, 6.07) is 14.6. The number of fused-ring (bicyclic) bond motifs is 1. The molecule has 6 heteroatoms. The van der Waals surface area contributed by atoms with Crippen molar-refractivity contribution in [1.82, 2.24) is 0 Å². The average Bonchev–Trinajstić information content (AvgIpc) is 2.72. The van der Waals surface area contributed by atoms with Gasteiger partial charge in [-0.2, -0.15) is 0 Å². The number of rotatable bonds is 4. The minimum atomic E-state index is -0.648. The first kappa shape index (κ1) is 22.8. The third-order valence-electron chi connectivity index (χ3n) is 5.43. The maximum absolute atomic E-state index is 13.4. The smallest absolute Gasteiger partial charge is 0.415 e. The molecule has 0 unspecified atom stereocenters. The SMILES string of the molecule is CCC(=O)N1c2ccccc2[C@H](N(C(=O)OC(C)(C)C)c2ccc(CO)cc2)C[C@@H]1C. The molecule has 2 amide bonds. The summed E-state index contributed by atoms with van der Waals surface area (Å²) in [6.45, 7) is 9.34. The Kier molecular flexibility index (Phi) is 6.70. The molecule has 0 radical (unpaired) electrons. The molecule has 0 aliphatic carbocycles. The number of hydrogen-bond donors (Lipinski definition) is 1. The third kappa shape index (κ3) is 4.90. The monoisotopic (exact) mass is 424 g/mol. The summed E-state index contributed by atoms with van der Waals surface area (Å²) < 4.78 is 5.77. The van der Waals surface area contributed by atoms with Crippen molar-refractivity contribution in [2.75, 3.05) is 9.80 Å². The highest BCUT2D eigenvalue weighted by atomic mass is 16.6. The van der Waals surface area contributed by atoms with Crippen LogP contribution in [0.25, 0.3) is 0 Å². The van der Waals surface area contributed by atoms with Crippen LogP contribution in [-0.2, 0) is 16.1 Å². The standard InChI is InChI=1S/C25H32N2O4/c1-6-23(29)26-17(2)15-22(20-9-7-8-10-21(20)26)27(24(30)31-25(3,4)5)19-13-11-18(16-28)12-14-19/h7-14,17,22,28H,6,15-16H2,1-5H3/t17-,22+/m0/s1. The van der Waals surface area contributed by atoms with Gasteiger partial charge in [0.2, 0.25) is 5.91 Å². The molecule has 1 N–H and O–H groups in total. The van der Waals surface area contributed by atoms with Crippen molar-refractivity contribution in [2.24, 2.45) is 0 Å². The van der Waals surface area contributed by atoms with Gasteiger partial charge in [-0.25, -0.2) is 4.79 Å². The second-order valence-electron chi connectivity index (χ2n) is 8.95. The van der Waals surface area contributed by atoms with E-state index in [9.17, 15) is 14.7 Å². The van der Waals surface area contributed by atoms with Crippen molar-refractivity contribution in [2.45, 2.75) is 71.8 Å². The van der Waals surface area contributed by atoms with Gasteiger partial charge in [-0.3, -0.25) is 9.69 Å². The van der Waals surface area contributed by atoms with Crippen LogP contribution in [0.5, 0.6) is 0 Å². The van der Waals surface area contributed by atoms with E-state index in [0.717, 1.165) is 16.8 Å². The van der Waals surface area contributed by atoms with Gasteiger partial charge in [-0.1, -0.05) is 37.3 Å². The molecule has 0 saturated heterocycles. The molecule has 2 atom stereocenters. The Balaban J connectivity index is 2.11. The van der Waals surface area contributed by atoms with Gasteiger partial charge in [0, 0.05) is 23.8 Å². The molecule has 1 aliphatic heterocycles. The second kappa shape index (κ2) is 9.10. The number of ether oxygens (including phenoxy) is 1. The molecule has 31 heavy (non-hydrogen) atoms. The lowest BCUT2D eigenvalue weighted by molar-refractivity contribution is -0.118. The zero-order chi connectivity index (χ0) is 22.8. The normalized spacial score (nSPS) is 18.3. The van der Waals surface area contributed by atoms with Crippen LogP contribution in [0.15, 0.2) is 48.5 Å². The highest BCUT2D eigenvalue weighted by Gasteiger charge is 2.39. The first-order valence-corrected chi connectivity index (χ1v) is 10.8. The van der Waals surface area contributed by atoms with Crippen molar-refractivity contribution >= 4 is 23.4 Å². The number of carbonyl (C=O) groups excluding carboxylic acids is 2. The van der Waals surface area contributed by atoms with Crippen LogP contribution >= 0.6 is 0 Å². The van der Waals surface area contributed by atoms with E-state index in [1.165, 1.54) is 0 Å².